The lowest BCUT2D eigenvalue weighted by atomic mass is 9.67. The zero-order chi connectivity index (χ0) is 31.6. The van der Waals surface area contributed by atoms with E-state index in [0.29, 0.717) is 28.6 Å². The minimum Gasteiger partial charge on any atom is -0.497 e. The molecule has 1 amide bonds. The van der Waals surface area contributed by atoms with E-state index in [4.69, 9.17) is 27.9 Å². The molecule has 0 N–H and O–H groups in total. The van der Waals surface area contributed by atoms with Gasteiger partial charge < -0.3 is 9.64 Å². The smallest absolute Gasteiger partial charge is 0.229 e. The molecule has 6 nitrogen and oxygen atoms in total. The van der Waals surface area contributed by atoms with Gasteiger partial charge in [0.2, 0.25) is 15.9 Å². The van der Waals surface area contributed by atoms with Crippen LogP contribution < -0.4 is 4.74 Å². The molecule has 2 fully saturated rings. The molecule has 0 aromatic heterocycles. The number of halogens is 2. The van der Waals surface area contributed by atoms with Gasteiger partial charge in [0.05, 0.1) is 24.8 Å². The number of benzene rings is 3. The van der Waals surface area contributed by atoms with Crippen LogP contribution in [0.3, 0.4) is 0 Å². The Kier molecular flexibility index (Phi) is 9.81. The Morgan fingerprint density at radius 2 is 1.75 bits per heavy atom. The zero-order valence-corrected chi connectivity index (χ0v) is 27.8. The van der Waals surface area contributed by atoms with Crippen LogP contribution in [0.2, 0.25) is 10.0 Å². The second kappa shape index (κ2) is 13.3. The van der Waals surface area contributed by atoms with Crippen LogP contribution in [0.15, 0.2) is 85.5 Å². The maximum Gasteiger partial charge on any atom is 0.229 e. The molecule has 3 aromatic carbocycles. The molecule has 1 aliphatic carbocycles. The van der Waals surface area contributed by atoms with Crippen molar-refractivity contribution in [1.29, 1.82) is 0 Å². The van der Waals surface area contributed by atoms with Crippen molar-refractivity contribution in [2.24, 2.45) is 11.3 Å². The number of allylic oxidation sites excluding steroid dienone is 1. The fourth-order valence-corrected chi connectivity index (χ4v) is 7.83. The highest BCUT2D eigenvalue weighted by Gasteiger charge is 2.53. The molecule has 1 saturated carbocycles. The van der Waals surface area contributed by atoms with Gasteiger partial charge in [-0.1, -0.05) is 72.6 Å². The fourth-order valence-electron chi connectivity index (χ4n) is 6.70. The lowest BCUT2D eigenvalue weighted by molar-refractivity contribution is -0.155. The molecular formula is C35H40Cl2N2O4S. The third-order valence-corrected chi connectivity index (χ3v) is 10.8. The maximum absolute atomic E-state index is 14.8. The summed E-state index contributed by atoms with van der Waals surface area (Å²) in [6.45, 7) is 6.35. The number of hydrogen-bond donors (Lipinski definition) is 0. The standard InChI is InChI=1S/C35H40Cl2N2O4S/c1-5-18-35(2)21-31(27-9-7-10-29(37)20-27)33(26-14-16-28(36)17-15-26)39(34(35)40)32(25-12-13-25)23-38(44(4,41)42)22-24-8-6-11-30(19-24)43-3/h5-11,14-17,19-20,25,31-33H,1,12-13,18,21-23H2,2-4H3/t31-,32+,33-,35+/m1/s1. The van der Waals surface area contributed by atoms with E-state index in [2.05, 4.69) is 12.6 Å². The van der Waals surface area contributed by atoms with Gasteiger partial charge in [-0.25, -0.2) is 8.42 Å². The van der Waals surface area contributed by atoms with Gasteiger partial charge in [0.15, 0.2) is 0 Å². The van der Waals surface area contributed by atoms with Crippen molar-refractivity contribution in [3.05, 3.63) is 112 Å². The highest BCUT2D eigenvalue weighted by molar-refractivity contribution is 7.88. The largest absolute Gasteiger partial charge is 0.497 e. The first kappa shape index (κ1) is 32.6. The number of sulfonamides is 1. The van der Waals surface area contributed by atoms with Crippen LogP contribution in [0.25, 0.3) is 0 Å². The number of carbonyl (C=O) groups excluding carboxylic acids is 1. The average molecular weight is 656 g/mol. The van der Waals surface area contributed by atoms with E-state index in [0.717, 1.165) is 29.5 Å². The first-order chi connectivity index (χ1) is 20.9. The van der Waals surface area contributed by atoms with E-state index in [1.165, 1.54) is 10.6 Å². The highest BCUT2D eigenvalue weighted by atomic mass is 35.5. The average Bonchev–Trinajstić information content (AvgIpc) is 3.83. The zero-order valence-electron chi connectivity index (χ0n) is 25.5. The second-order valence-corrected chi connectivity index (χ2v) is 15.3. The van der Waals surface area contributed by atoms with Crippen LogP contribution in [-0.4, -0.2) is 49.5 Å². The summed E-state index contributed by atoms with van der Waals surface area (Å²) >= 11 is 12.8. The summed E-state index contributed by atoms with van der Waals surface area (Å²) in [6, 6.07) is 22.3. The third-order valence-electron chi connectivity index (χ3n) is 9.06. The normalized spacial score (nSPS) is 23.0. The molecule has 0 spiro atoms. The molecule has 1 heterocycles. The van der Waals surface area contributed by atoms with Gasteiger partial charge in [-0.3, -0.25) is 4.79 Å². The van der Waals surface area contributed by atoms with Gasteiger partial charge in [0, 0.05) is 35.1 Å². The molecular weight excluding hydrogens is 615 g/mol. The number of methoxy groups -OCH3 is 1. The van der Waals surface area contributed by atoms with Gasteiger partial charge in [-0.2, -0.15) is 4.31 Å². The molecule has 1 saturated heterocycles. The number of ether oxygens (including phenoxy) is 1. The number of hydrogen-bond acceptors (Lipinski definition) is 4. The van der Waals surface area contributed by atoms with E-state index >= 15 is 0 Å². The van der Waals surface area contributed by atoms with Gasteiger partial charge in [-0.05, 0) is 84.7 Å². The molecule has 3 aromatic rings. The summed E-state index contributed by atoms with van der Waals surface area (Å²) in [5, 5.41) is 1.24. The minimum absolute atomic E-state index is 0.0161. The fraction of sp³-hybridized carbons (Fsp3) is 0.400. The van der Waals surface area contributed by atoms with E-state index in [-0.39, 0.29) is 42.9 Å². The summed E-state index contributed by atoms with van der Waals surface area (Å²) in [5.41, 5.74) is 2.08. The SMILES string of the molecule is C=CC[C@@]1(C)C[C@H](c2cccc(Cl)c2)[C@@H](c2ccc(Cl)cc2)N([C@@H](CN(Cc2cccc(OC)c2)S(C)(=O)=O)C2CC2)C1=O. The van der Waals surface area contributed by atoms with Crippen molar-refractivity contribution in [3.8, 4) is 5.75 Å². The summed E-state index contributed by atoms with van der Waals surface area (Å²) in [7, 11) is -2.04. The number of piperidine rings is 1. The Balaban J connectivity index is 1.64. The van der Waals surface area contributed by atoms with E-state index in [1.54, 1.807) is 7.11 Å². The van der Waals surface area contributed by atoms with Crippen molar-refractivity contribution in [2.45, 2.75) is 57.2 Å². The van der Waals surface area contributed by atoms with E-state index in [9.17, 15) is 13.2 Å². The Bertz CT molecular complexity index is 1610. The van der Waals surface area contributed by atoms with Crippen LogP contribution in [0.5, 0.6) is 5.75 Å². The Hall–Kier alpha value is -2.84. The number of amides is 1. The molecule has 44 heavy (non-hydrogen) atoms. The van der Waals surface area contributed by atoms with Crippen LogP contribution in [0.1, 0.15) is 61.3 Å². The predicted octanol–water partition coefficient (Wildman–Crippen LogP) is 7.88. The highest BCUT2D eigenvalue weighted by Crippen LogP contribution is 2.54. The lowest BCUT2D eigenvalue weighted by Gasteiger charge is -2.52. The monoisotopic (exact) mass is 654 g/mol. The van der Waals surface area contributed by atoms with Gasteiger partial charge in [-0.15, -0.1) is 6.58 Å². The van der Waals surface area contributed by atoms with Crippen molar-refractivity contribution in [3.63, 3.8) is 0 Å². The predicted molar refractivity (Wildman–Crippen MR) is 178 cm³/mol. The number of carbonyl (C=O) groups is 1. The first-order valence-corrected chi connectivity index (χ1v) is 17.6. The summed E-state index contributed by atoms with van der Waals surface area (Å²) in [5.74, 6) is 0.758. The van der Waals surface area contributed by atoms with Gasteiger partial charge in [0.1, 0.15) is 5.75 Å². The van der Waals surface area contributed by atoms with Crippen molar-refractivity contribution < 1.29 is 17.9 Å². The van der Waals surface area contributed by atoms with Crippen LogP contribution >= 0.6 is 23.2 Å². The molecule has 2 aliphatic rings. The lowest BCUT2D eigenvalue weighted by Crippen LogP contribution is -2.58. The molecule has 4 atom stereocenters. The van der Waals surface area contributed by atoms with Gasteiger partial charge in [0.25, 0.3) is 0 Å². The van der Waals surface area contributed by atoms with E-state index in [1.807, 2.05) is 84.6 Å². The second-order valence-electron chi connectivity index (χ2n) is 12.4. The molecule has 5 rings (SSSR count). The molecule has 234 valence electrons. The number of nitrogens with zero attached hydrogens (tertiary/aromatic N) is 2. The van der Waals surface area contributed by atoms with Crippen molar-refractivity contribution in [2.75, 3.05) is 19.9 Å². The molecule has 0 bridgehead atoms. The maximum atomic E-state index is 14.8. The molecule has 0 radical (unpaired) electrons. The summed E-state index contributed by atoms with van der Waals surface area (Å²) in [6.07, 6.45) is 6.01. The van der Waals surface area contributed by atoms with E-state index < -0.39 is 15.4 Å². The van der Waals surface area contributed by atoms with Crippen molar-refractivity contribution in [1.82, 2.24) is 9.21 Å². The van der Waals surface area contributed by atoms with Crippen LogP contribution in [-0.2, 0) is 21.4 Å². The van der Waals surface area contributed by atoms with Crippen molar-refractivity contribution >= 4 is 39.1 Å². The first-order valence-electron chi connectivity index (χ1n) is 15.0. The van der Waals surface area contributed by atoms with Crippen LogP contribution in [0, 0.1) is 11.3 Å². The Morgan fingerprint density at radius 1 is 1.05 bits per heavy atom. The Morgan fingerprint density at radius 3 is 2.36 bits per heavy atom. The molecule has 0 unspecified atom stereocenters. The number of rotatable bonds is 12. The minimum atomic E-state index is -3.63. The van der Waals surface area contributed by atoms with Gasteiger partial charge >= 0.3 is 0 Å². The number of likely N-dealkylation sites (tertiary alicyclic amines) is 1. The third kappa shape index (κ3) is 7.17. The Labute approximate surface area is 271 Å². The summed E-state index contributed by atoms with van der Waals surface area (Å²) < 4.78 is 33.5. The topological polar surface area (TPSA) is 66.9 Å². The molecule has 1 aliphatic heterocycles. The quantitative estimate of drug-likeness (QED) is 0.186. The summed E-state index contributed by atoms with van der Waals surface area (Å²) in [4.78, 5) is 16.8. The van der Waals surface area contributed by atoms with Crippen LogP contribution in [0.4, 0.5) is 0 Å². The molecule has 9 heteroatoms.